The molecular weight excluding hydrogens is 371 g/mol. The van der Waals surface area contributed by atoms with Gasteiger partial charge in [-0.2, -0.15) is 13.2 Å². The van der Waals surface area contributed by atoms with Crippen LogP contribution < -0.4 is 0 Å². The van der Waals surface area contributed by atoms with Crippen LogP contribution in [0.1, 0.15) is 74.6 Å². The zero-order valence-corrected chi connectivity index (χ0v) is 17.5. The number of benzene rings is 2. The van der Waals surface area contributed by atoms with E-state index >= 15 is 0 Å². The van der Waals surface area contributed by atoms with Crippen LogP contribution in [0.4, 0.5) is 13.2 Å². The number of fused-ring (bicyclic) bond motifs is 2. The minimum absolute atomic E-state index is 0.150. The number of hydrogen-bond donors (Lipinski definition) is 0. The molecule has 0 saturated carbocycles. The maximum Gasteiger partial charge on any atom is 0.416 e. The number of alkyl halides is 3. The lowest BCUT2D eigenvalue weighted by Crippen LogP contribution is -2.49. The van der Waals surface area contributed by atoms with Crippen molar-refractivity contribution < 1.29 is 13.2 Å². The summed E-state index contributed by atoms with van der Waals surface area (Å²) in [5.74, 6) is 1.10. The quantitative estimate of drug-likeness (QED) is 0.527. The van der Waals surface area contributed by atoms with E-state index in [-0.39, 0.29) is 5.54 Å². The number of hydrogen-bond acceptors (Lipinski definition) is 1. The Balaban J connectivity index is 1.65. The van der Waals surface area contributed by atoms with Crippen molar-refractivity contribution in [3.63, 3.8) is 0 Å². The average molecular weight is 402 g/mol. The zero-order valence-electron chi connectivity index (χ0n) is 17.5. The Bertz CT molecular complexity index is 838. The largest absolute Gasteiger partial charge is 0.416 e. The molecule has 0 unspecified atom stereocenters. The molecule has 2 aliphatic heterocycles. The van der Waals surface area contributed by atoms with Crippen LogP contribution in [0.25, 0.3) is 0 Å². The van der Waals surface area contributed by atoms with E-state index in [0.29, 0.717) is 17.9 Å². The Kier molecular flexibility index (Phi) is 5.27. The van der Waals surface area contributed by atoms with E-state index in [0.717, 1.165) is 31.4 Å². The topological polar surface area (TPSA) is 3.24 Å². The number of piperidine rings is 1. The van der Waals surface area contributed by atoms with E-state index in [1.807, 2.05) is 0 Å². The van der Waals surface area contributed by atoms with Crippen molar-refractivity contribution in [1.82, 2.24) is 4.90 Å². The van der Waals surface area contributed by atoms with Gasteiger partial charge in [0, 0.05) is 18.1 Å². The molecule has 0 aliphatic carbocycles. The van der Waals surface area contributed by atoms with Gasteiger partial charge in [-0.3, -0.25) is 4.90 Å². The van der Waals surface area contributed by atoms with Crippen LogP contribution in [0.2, 0.25) is 0 Å². The van der Waals surface area contributed by atoms with Crippen molar-refractivity contribution in [3.8, 4) is 0 Å². The van der Waals surface area contributed by atoms with Crippen LogP contribution in [0.15, 0.2) is 48.5 Å². The predicted molar refractivity (Wildman–Crippen MR) is 111 cm³/mol. The molecule has 3 atom stereocenters. The van der Waals surface area contributed by atoms with E-state index in [1.54, 1.807) is 12.1 Å². The van der Waals surface area contributed by atoms with Gasteiger partial charge in [-0.05, 0) is 66.3 Å². The summed E-state index contributed by atoms with van der Waals surface area (Å²) in [6.45, 7) is 7.53. The van der Waals surface area contributed by atoms with Crippen LogP contribution in [0, 0.1) is 5.92 Å². The van der Waals surface area contributed by atoms with Gasteiger partial charge in [0.2, 0.25) is 0 Å². The molecule has 2 bridgehead atoms. The summed E-state index contributed by atoms with van der Waals surface area (Å²) < 4.78 is 39.2. The van der Waals surface area contributed by atoms with E-state index in [2.05, 4.69) is 49.9 Å². The molecule has 0 spiro atoms. The molecule has 2 heterocycles. The predicted octanol–water partition coefficient (Wildman–Crippen LogP) is 7.12. The van der Waals surface area contributed by atoms with Crippen molar-refractivity contribution in [3.05, 3.63) is 70.8 Å². The second kappa shape index (κ2) is 7.46. The van der Waals surface area contributed by atoms with Crippen LogP contribution in [-0.2, 0) is 18.3 Å². The molecule has 2 fully saturated rings. The standard InChI is InChI=1S/C25H30F3N/c1-17(2)20-6-4-19(5-7-20)16-29-23-12-13-24(29,15-18(3)14-23)21-8-10-22(11-9-21)25(26,27)28/h4-11,17-18,23H,12-16H2,1-3H3/t18-,23-,24+/m1/s1. The van der Waals surface area contributed by atoms with E-state index < -0.39 is 11.7 Å². The summed E-state index contributed by atoms with van der Waals surface area (Å²) in [5.41, 5.74) is 2.95. The highest BCUT2D eigenvalue weighted by Gasteiger charge is 2.51. The van der Waals surface area contributed by atoms with Crippen LogP contribution in [-0.4, -0.2) is 10.9 Å². The highest BCUT2D eigenvalue weighted by Crippen LogP contribution is 2.53. The number of nitrogens with zero attached hydrogens (tertiary/aromatic N) is 1. The van der Waals surface area contributed by atoms with E-state index in [9.17, 15) is 13.2 Å². The minimum Gasteiger partial charge on any atom is -0.286 e. The highest BCUT2D eigenvalue weighted by atomic mass is 19.4. The monoisotopic (exact) mass is 401 g/mol. The molecule has 29 heavy (non-hydrogen) atoms. The van der Waals surface area contributed by atoms with Crippen LogP contribution in [0.5, 0.6) is 0 Å². The Labute approximate surface area is 171 Å². The Morgan fingerprint density at radius 2 is 1.69 bits per heavy atom. The van der Waals surface area contributed by atoms with E-state index in [1.165, 1.54) is 29.7 Å². The molecule has 0 amide bonds. The normalized spacial score (nSPS) is 27.6. The van der Waals surface area contributed by atoms with Gasteiger partial charge < -0.3 is 0 Å². The summed E-state index contributed by atoms with van der Waals surface area (Å²) in [5, 5.41) is 0. The second-order valence-electron chi connectivity index (χ2n) is 9.37. The van der Waals surface area contributed by atoms with Crippen molar-refractivity contribution in [2.45, 2.75) is 76.7 Å². The van der Waals surface area contributed by atoms with Gasteiger partial charge in [-0.1, -0.05) is 57.2 Å². The molecular formula is C25H30F3N. The lowest BCUT2D eigenvalue weighted by Gasteiger charge is -2.48. The van der Waals surface area contributed by atoms with Gasteiger partial charge in [0.1, 0.15) is 0 Å². The van der Waals surface area contributed by atoms with E-state index in [4.69, 9.17) is 0 Å². The minimum atomic E-state index is -4.29. The molecule has 2 aliphatic rings. The molecule has 0 aromatic heterocycles. The van der Waals surface area contributed by atoms with Gasteiger partial charge >= 0.3 is 6.18 Å². The lowest BCUT2D eigenvalue weighted by molar-refractivity contribution is -0.137. The Hall–Kier alpha value is -1.81. The zero-order chi connectivity index (χ0) is 20.8. The van der Waals surface area contributed by atoms with Crippen molar-refractivity contribution >= 4 is 0 Å². The van der Waals surface area contributed by atoms with Gasteiger partial charge in [0.15, 0.2) is 0 Å². The van der Waals surface area contributed by atoms with Gasteiger partial charge in [0.25, 0.3) is 0 Å². The van der Waals surface area contributed by atoms with Gasteiger partial charge in [-0.15, -0.1) is 0 Å². The SMILES string of the molecule is CC(C)c1ccc(CN2[C@@H]3CC[C@@]2(c2ccc(C(F)(F)F)cc2)C[C@H](C)C3)cc1. The summed E-state index contributed by atoms with van der Waals surface area (Å²) in [4.78, 5) is 2.58. The third-order valence-corrected chi connectivity index (χ3v) is 6.99. The molecule has 4 heteroatoms. The molecule has 4 rings (SSSR count). The van der Waals surface area contributed by atoms with Crippen molar-refractivity contribution in [2.24, 2.45) is 5.92 Å². The second-order valence-corrected chi connectivity index (χ2v) is 9.37. The molecule has 1 nitrogen and oxygen atoms in total. The molecule has 0 radical (unpaired) electrons. The molecule has 2 aromatic rings. The molecule has 156 valence electrons. The average Bonchev–Trinajstić information content (AvgIpc) is 2.89. The molecule has 0 N–H and O–H groups in total. The lowest BCUT2D eigenvalue weighted by atomic mass is 9.77. The summed E-state index contributed by atoms with van der Waals surface area (Å²) in [6.07, 6.45) is 0.0460. The first kappa shape index (κ1) is 20.5. The fourth-order valence-electron chi connectivity index (χ4n) is 5.53. The number of rotatable bonds is 4. The Morgan fingerprint density at radius 3 is 2.28 bits per heavy atom. The Morgan fingerprint density at radius 1 is 1.03 bits per heavy atom. The third kappa shape index (κ3) is 3.84. The van der Waals surface area contributed by atoms with Crippen LogP contribution in [0.3, 0.4) is 0 Å². The van der Waals surface area contributed by atoms with Gasteiger partial charge in [0.05, 0.1) is 5.56 Å². The smallest absolute Gasteiger partial charge is 0.286 e. The first-order chi connectivity index (χ1) is 13.7. The first-order valence-electron chi connectivity index (χ1n) is 10.7. The molecule has 2 aromatic carbocycles. The summed E-state index contributed by atoms with van der Waals surface area (Å²) in [6, 6.07) is 15.3. The van der Waals surface area contributed by atoms with Crippen LogP contribution >= 0.6 is 0 Å². The molecule has 2 saturated heterocycles. The van der Waals surface area contributed by atoms with Crippen molar-refractivity contribution in [1.29, 1.82) is 0 Å². The number of halogens is 3. The van der Waals surface area contributed by atoms with Crippen molar-refractivity contribution in [2.75, 3.05) is 0 Å². The highest BCUT2D eigenvalue weighted by molar-refractivity contribution is 5.33. The first-order valence-corrected chi connectivity index (χ1v) is 10.7. The maximum atomic E-state index is 13.1. The maximum absolute atomic E-state index is 13.1. The fraction of sp³-hybridized carbons (Fsp3) is 0.520. The third-order valence-electron chi connectivity index (χ3n) is 6.99. The fourth-order valence-corrected chi connectivity index (χ4v) is 5.53. The summed E-state index contributed by atoms with van der Waals surface area (Å²) in [7, 11) is 0. The summed E-state index contributed by atoms with van der Waals surface area (Å²) >= 11 is 0. The van der Waals surface area contributed by atoms with Gasteiger partial charge in [-0.25, -0.2) is 0 Å².